The van der Waals surface area contributed by atoms with E-state index >= 15 is 0 Å². The van der Waals surface area contributed by atoms with Crippen molar-refractivity contribution >= 4 is 46.2 Å². The molecule has 0 atom stereocenters. The van der Waals surface area contributed by atoms with Crippen molar-refractivity contribution in [3.05, 3.63) is 80.8 Å². The number of anilines is 1. The fourth-order valence-electron chi connectivity index (χ4n) is 3.13. The molecule has 136 valence electrons. The van der Waals surface area contributed by atoms with Crippen LogP contribution in [0.4, 0.5) is 5.69 Å². The Morgan fingerprint density at radius 1 is 1.04 bits per heavy atom. The largest absolute Gasteiger partial charge is 0.468 e. The monoisotopic (exact) mass is 395 g/mol. The molecule has 0 fully saturated rings. The molecular weight excluding hydrogens is 378 g/mol. The van der Waals surface area contributed by atoms with E-state index in [4.69, 9.17) is 4.42 Å². The molecule has 1 aromatic carbocycles. The van der Waals surface area contributed by atoms with E-state index in [9.17, 15) is 9.59 Å². The Kier molecular flexibility index (Phi) is 4.76. The minimum absolute atomic E-state index is 0.269. The van der Waals surface area contributed by atoms with Crippen molar-refractivity contribution in [2.75, 3.05) is 4.90 Å². The average molecular weight is 396 g/mol. The fourth-order valence-corrected chi connectivity index (χ4v) is 4.97. The van der Waals surface area contributed by atoms with Crippen molar-refractivity contribution < 1.29 is 14.0 Å². The Labute approximate surface area is 165 Å². The molecule has 0 spiro atoms. The Morgan fingerprint density at radius 3 is 2.44 bits per heavy atom. The van der Waals surface area contributed by atoms with Crippen LogP contribution in [0.2, 0.25) is 0 Å². The van der Waals surface area contributed by atoms with Gasteiger partial charge in [0.15, 0.2) is 0 Å². The van der Waals surface area contributed by atoms with E-state index in [-0.39, 0.29) is 11.8 Å². The first-order chi connectivity index (χ1) is 13.0. The molecule has 4 nitrogen and oxygen atoms in total. The van der Waals surface area contributed by atoms with E-state index in [1.165, 1.54) is 28.0 Å². The lowest BCUT2D eigenvalue weighted by molar-refractivity contribution is -0.119. The zero-order chi connectivity index (χ0) is 19.0. The molecule has 0 N–H and O–H groups in total. The number of carbonyl (C=O) groups excluding carboxylic acids is 2. The number of thioether (sulfide) groups is 1. The van der Waals surface area contributed by atoms with Gasteiger partial charge >= 0.3 is 0 Å². The smallest absolute Gasteiger partial charge is 0.272 e. The third kappa shape index (κ3) is 3.38. The van der Waals surface area contributed by atoms with Crippen LogP contribution >= 0.6 is 23.1 Å². The Balaban J connectivity index is 1.74. The van der Waals surface area contributed by atoms with Gasteiger partial charge in [-0.1, -0.05) is 12.1 Å². The molecule has 1 aliphatic heterocycles. The van der Waals surface area contributed by atoms with Crippen molar-refractivity contribution in [2.24, 2.45) is 0 Å². The van der Waals surface area contributed by atoms with E-state index in [0.29, 0.717) is 21.9 Å². The molecule has 0 unspecified atom stereocenters. The van der Waals surface area contributed by atoms with Crippen LogP contribution in [0.1, 0.15) is 21.8 Å². The summed E-state index contributed by atoms with van der Waals surface area (Å²) in [6, 6.07) is 13.2. The van der Waals surface area contributed by atoms with E-state index in [0.717, 1.165) is 21.8 Å². The molecular formula is C21H17NO3S2. The van der Waals surface area contributed by atoms with Crippen molar-refractivity contribution in [3.63, 3.8) is 0 Å². The van der Waals surface area contributed by atoms with E-state index in [2.05, 4.69) is 0 Å². The van der Waals surface area contributed by atoms with Gasteiger partial charge in [0, 0.05) is 4.88 Å². The maximum Gasteiger partial charge on any atom is 0.272 e. The van der Waals surface area contributed by atoms with E-state index in [1.54, 1.807) is 6.26 Å². The molecule has 2 aromatic heterocycles. The van der Waals surface area contributed by atoms with Gasteiger partial charge in [0.2, 0.25) is 0 Å². The molecule has 0 bridgehead atoms. The highest BCUT2D eigenvalue weighted by Gasteiger charge is 2.40. The standard InChI is InChI=1S/C21H17NO3S2/c1-13-9-14(2)11-15(10-13)22-20(23)18(17-6-4-8-26-17)19(21(22)24)27-12-16-5-3-7-25-16/h3-11H,12H2,1-2H3. The number of hydrogen-bond acceptors (Lipinski definition) is 5. The van der Waals surface area contributed by atoms with Gasteiger partial charge in [-0.15, -0.1) is 23.1 Å². The zero-order valence-corrected chi connectivity index (χ0v) is 16.5. The predicted octanol–water partition coefficient (Wildman–Crippen LogP) is 5.18. The van der Waals surface area contributed by atoms with Crippen LogP contribution in [0.15, 0.2) is 63.4 Å². The summed E-state index contributed by atoms with van der Waals surface area (Å²) >= 11 is 2.81. The van der Waals surface area contributed by atoms with Crippen LogP contribution in [-0.2, 0) is 15.3 Å². The van der Waals surface area contributed by atoms with Crippen molar-refractivity contribution in [3.8, 4) is 0 Å². The molecule has 27 heavy (non-hydrogen) atoms. The summed E-state index contributed by atoms with van der Waals surface area (Å²) in [5, 5.41) is 1.91. The summed E-state index contributed by atoms with van der Waals surface area (Å²) in [7, 11) is 0. The Bertz CT molecular complexity index is 1010. The lowest BCUT2D eigenvalue weighted by Crippen LogP contribution is -2.31. The molecule has 0 radical (unpaired) electrons. The number of carbonyl (C=O) groups is 2. The molecule has 6 heteroatoms. The number of benzene rings is 1. The lowest BCUT2D eigenvalue weighted by Gasteiger charge is -2.16. The number of imide groups is 1. The number of amides is 2. The van der Waals surface area contributed by atoms with Crippen molar-refractivity contribution in [1.82, 2.24) is 0 Å². The maximum atomic E-state index is 13.2. The number of aryl methyl sites for hydroxylation is 2. The summed E-state index contributed by atoms with van der Waals surface area (Å²) < 4.78 is 5.37. The second kappa shape index (κ2) is 7.21. The summed E-state index contributed by atoms with van der Waals surface area (Å²) in [6.45, 7) is 3.92. The maximum absolute atomic E-state index is 13.2. The molecule has 0 saturated carbocycles. The highest BCUT2D eigenvalue weighted by atomic mass is 32.2. The van der Waals surface area contributed by atoms with Crippen LogP contribution in [0.3, 0.4) is 0 Å². The first-order valence-electron chi connectivity index (χ1n) is 8.45. The molecule has 1 aliphatic rings. The highest BCUT2D eigenvalue weighted by molar-refractivity contribution is 8.03. The highest BCUT2D eigenvalue weighted by Crippen LogP contribution is 2.41. The predicted molar refractivity (Wildman–Crippen MR) is 110 cm³/mol. The summed E-state index contributed by atoms with van der Waals surface area (Å²) in [5.74, 6) is 0.721. The molecule has 2 amide bonds. The normalized spacial score (nSPS) is 14.5. The molecule has 0 aliphatic carbocycles. The Morgan fingerprint density at radius 2 is 1.81 bits per heavy atom. The van der Waals surface area contributed by atoms with Crippen molar-refractivity contribution in [2.45, 2.75) is 19.6 Å². The average Bonchev–Trinajstić information content (AvgIpc) is 3.34. The number of rotatable bonds is 5. The third-order valence-electron chi connectivity index (χ3n) is 4.21. The van der Waals surface area contributed by atoms with Crippen LogP contribution in [0, 0.1) is 13.8 Å². The van der Waals surface area contributed by atoms with Gasteiger partial charge in [0.1, 0.15) is 5.76 Å². The summed E-state index contributed by atoms with van der Waals surface area (Å²) in [6.07, 6.45) is 1.61. The van der Waals surface area contributed by atoms with Crippen LogP contribution in [0.5, 0.6) is 0 Å². The van der Waals surface area contributed by atoms with Crippen molar-refractivity contribution in [1.29, 1.82) is 0 Å². The molecule has 4 rings (SSSR count). The van der Waals surface area contributed by atoms with Gasteiger partial charge in [-0.2, -0.15) is 0 Å². The van der Waals surface area contributed by atoms with Gasteiger partial charge in [-0.3, -0.25) is 9.59 Å². The molecule has 0 saturated heterocycles. The first-order valence-corrected chi connectivity index (χ1v) is 10.3. The number of thiophene rings is 1. The fraction of sp³-hybridized carbons (Fsp3) is 0.143. The van der Waals surface area contributed by atoms with Crippen LogP contribution in [-0.4, -0.2) is 11.8 Å². The summed E-state index contributed by atoms with van der Waals surface area (Å²) in [5.41, 5.74) is 3.12. The summed E-state index contributed by atoms with van der Waals surface area (Å²) in [4.78, 5) is 29.0. The Hall–Kier alpha value is -2.57. The van der Waals surface area contributed by atoms with E-state index < -0.39 is 0 Å². The molecule has 3 heterocycles. The minimum Gasteiger partial charge on any atom is -0.468 e. The number of nitrogens with zero attached hydrogens (tertiary/aromatic N) is 1. The lowest BCUT2D eigenvalue weighted by atomic mass is 10.1. The van der Waals surface area contributed by atoms with Crippen LogP contribution in [0.25, 0.3) is 5.57 Å². The second-order valence-electron chi connectivity index (χ2n) is 6.34. The van der Waals surface area contributed by atoms with Crippen LogP contribution < -0.4 is 4.90 Å². The van der Waals surface area contributed by atoms with Gasteiger partial charge < -0.3 is 4.42 Å². The van der Waals surface area contributed by atoms with Gasteiger partial charge in [0.25, 0.3) is 11.8 Å². The SMILES string of the molecule is Cc1cc(C)cc(N2C(=O)C(SCc3ccco3)=C(c3cccs3)C2=O)c1. The second-order valence-corrected chi connectivity index (χ2v) is 8.27. The first kappa shape index (κ1) is 17.8. The number of furan rings is 1. The number of hydrogen-bond donors (Lipinski definition) is 0. The minimum atomic E-state index is -0.273. The van der Waals surface area contributed by atoms with Gasteiger partial charge in [-0.25, -0.2) is 4.90 Å². The third-order valence-corrected chi connectivity index (χ3v) is 6.20. The zero-order valence-electron chi connectivity index (χ0n) is 14.9. The van der Waals surface area contributed by atoms with Gasteiger partial charge in [-0.05, 0) is 60.7 Å². The topological polar surface area (TPSA) is 50.5 Å². The molecule has 3 aromatic rings. The quantitative estimate of drug-likeness (QED) is 0.559. The van der Waals surface area contributed by atoms with Gasteiger partial charge in [0.05, 0.1) is 28.2 Å². The van der Waals surface area contributed by atoms with E-state index in [1.807, 2.05) is 61.7 Å².